The molecular weight excluding hydrogens is 328 g/mol. The number of hydrogen-bond acceptors (Lipinski definition) is 0. The maximum atomic E-state index is 2.55. The molecule has 1 atom stereocenters. The quantitative estimate of drug-likeness (QED) is 0.495. The minimum absolute atomic E-state index is 0.644. The first-order valence-corrected chi connectivity index (χ1v) is 13.4. The van der Waals surface area contributed by atoms with Gasteiger partial charge in [0.05, 0.1) is 0 Å². The van der Waals surface area contributed by atoms with Gasteiger partial charge in [-0.1, -0.05) is 82.3 Å². The number of hydrogen-bond donors (Lipinski definition) is 0. The number of allylic oxidation sites excluding steroid dienone is 1. The second-order valence-corrected chi connectivity index (χ2v) is 12.9. The third-order valence-corrected chi connectivity index (χ3v) is 10.2. The normalized spacial score (nSPS) is 17.9. The van der Waals surface area contributed by atoms with Crippen LogP contribution in [0.15, 0.2) is 42.0 Å². The summed E-state index contributed by atoms with van der Waals surface area (Å²) in [5, 5.41) is 3.38. The van der Waals surface area contributed by atoms with Crippen molar-refractivity contribution in [3.63, 3.8) is 0 Å². The van der Waals surface area contributed by atoms with Crippen LogP contribution in [0.4, 0.5) is 0 Å². The van der Waals surface area contributed by atoms with E-state index in [1.807, 2.05) is 0 Å². The highest BCUT2D eigenvalue weighted by molar-refractivity contribution is 7.07. The van der Waals surface area contributed by atoms with Gasteiger partial charge in [-0.15, -0.1) is 0 Å². The van der Waals surface area contributed by atoms with Gasteiger partial charge >= 0.3 is 0 Å². The van der Waals surface area contributed by atoms with Crippen molar-refractivity contribution >= 4 is 18.5 Å². The predicted octanol–water partition coefficient (Wildman–Crippen LogP) is 6.85. The standard InChI is InChI=1S/C25H31Si/c1-6-8-9-21-16-20-14-15-22-23(24(20)25(21)26(22,4)5)19-12-10-18(11-13-19)17(3)7-2/h10-17H,6-9H2,1-5H3. The largest absolute Gasteiger partial charge is 0.113 e. The molecule has 0 amide bonds. The van der Waals surface area contributed by atoms with Crippen LogP contribution >= 0.6 is 0 Å². The molecule has 26 heavy (non-hydrogen) atoms. The van der Waals surface area contributed by atoms with Gasteiger partial charge in [0.25, 0.3) is 0 Å². The summed E-state index contributed by atoms with van der Waals surface area (Å²) in [5.74, 6) is 0.644. The summed E-state index contributed by atoms with van der Waals surface area (Å²) in [5.41, 5.74) is 9.13. The molecule has 135 valence electrons. The van der Waals surface area contributed by atoms with Crippen molar-refractivity contribution in [3.8, 4) is 11.1 Å². The molecule has 0 saturated heterocycles. The third-order valence-electron chi connectivity index (χ3n) is 6.62. The smallest absolute Gasteiger partial charge is 0.0654 e. The van der Waals surface area contributed by atoms with Crippen LogP contribution in [0.5, 0.6) is 0 Å². The van der Waals surface area contributed by atoms with E-state index in [-0.39, 0.29) is 0 Å². The SMILES string of the molecule is CCCCC1=C2c3c(ccc(c3-c3ccc(C(C)CC)cc3)[Si]2(C)C)[CH]1. The van der Waals surface area contributed by atoms with E-state index >= 15 is 0 Å². The maximum Gasteiger partial charge on any atom is 0.113 e. The van der Waals surface area contributed by atoms with Gasteiger partial charge in [-0.2, -0.15) is 0 Å². The zero-order chi connectivity index (χ0) is 18.5. The molecule has 1 unspecified atom stereocenters. The highest BCUT2D eigenvalue weighted by Gasteiger charge is 2.45. The van der Waals surface area contributed by atoms with Crippen molar-refractivity contribution in [2.24, 2.45) is 0 Å². The molecule has 0 spiro atoms. The van der Waals surface area contributed by atoms with Crippen molar-refractivity contribution in [1.82, 2.24) is 0 Å². The van der Waals surface area contributed by atoms with E-state index in [1.165, 1.54) is 42.4 Å². The van der Waals surface area contributed by atoms with E-state index in [0.717, 1.165) is 0 Å². The maximum absolute atomic E-state index is 2.55. The van der Waals surface area contributed by atoms with Gasteiger partial charge in [0.15, 0.2) is 0 Å². The first-order valence-electron chi connectivity index (χ1n) is 10.4. The molecule has 4 rings (SSSR count). The van der Waals surface area contributed by atoms with E-state index in [1.54, 1.807) is 27.1 Å². The molecule has 1 radical (unpaired) electrons. The Morgan fingerprint density at radius 1 is 0.923 bits per heavy atom. The average molecular weight is 360 g/mol. The minimum atomic E-state index is -1.58. The van der Waals surface area contributed by atoms with E-state index in [0.29, 0.717) is 5.92 Å². The molecule has 0 N–H and O–H groups in total. The Morgan fingerprint density at radius 2 is 1.65 bits per heavy atom. The average Bonchev–Trinajstić information content (AvgIpc) is 3.10. The molecule has 0 nitrogen and oxygen atoms in total. The number of fused-ring (bicyclic) bond motifs is 1. The summed E-state index contributed by atoms with van der Waals surface area (Å²) in [6.45, 7) is 12.0. The zero-order valence-corrected chi connectivity index (χ0v) is 17.9. The first kappa shape index (κ1) is 17.8. The van der Waals surface area contributed by atoms with Crippen molar-refractivity contribution in [3.05, 3.63) is 65.1 Å². The molecule has 1 aliphatic carbocycles. The summed E-state index contributed by atoms with van der Waals surface area (Å²) in [6, 6.07) is 14.3. The second-order valence-electron chi connectivity index (χ2n) is 8.66. The molecule has 1 heterocycles. The number of rotatable bonds is 6. The van der Waals surface area contributed by atoms with Gasteiger partial charge in [0, 0.05) is 6.42 Å². The Balaban J connectivity index is 1.83. The molecule has 2 aromatic carbocycles. The summed E-state index contributed by atoms with van der Waals surface area (Å²) in [4.78, 5) is 0. The highest BCUT2D eigenvalue weighted by atomic mass is 28.3. The van der Waals surface area contributed by atoms with Crippen molar-refractivity contribution < 1.29 is 0 Å². The predicted molar refractivity (Wildman–Crippen MR) is 118 cm³/mol. The van der Waals surface area contributed by atoms with Crippen LogP contribution in [-0.4, -0.2) is 8.07 Å². The molecule has 2 aromatic rings. The first-order chi connectivity index (χ1) is 12.5. The Morgan fingerprint density at radius 3 is 2.31 bits per heavy atom. The fourth-order valence-electron chi connectivity index (χ4n) is 4.88. The van der Waals surface area contributed by atoms with Crippen molar-refractivity contribution in [2.75, 3.05) is 0 Å². The van der Waals surface area contributed by atoms with Gasteiger partial charge in [-0.05, 0) is 63.4 Å². The minimum Gasteiger partial charge on any atom is -0.0654 e. The van der Waals surface area contributed by atoms with Crippen LogP contribution in [0.1, 0.15) is 69.1 Å². The van der Waals surface area contributed by atoms with Crippen LogP contribution in [0.25, 0.3) is 16.3 Å². The van der Waals surface area contributed by atoms with Gasteiger partial charge in [-0.25, -0.2) is 0 Å². The van der Waals surface area contributed by atoms with Crippen molar-refractivity contribution in [1.29, 1.82) is 0 Å². The molecule has 2 bridgehead atoms. The monoisotopic (exact) mass is 359 g/mol. The van der Waals surface area contributed by atoms with Crippen LogP contribution in [-0.2, 0) is 0 Å². The molecule has 0 saturated carbocycles. The highest BCUT2D eigenvalue weighted by Crippen LogP contribution is 2.50. The van der Waals surface area contributed by atoms with Gasteiger partial charge in [0.1, 0.15) is 8.07 Å². The number of unbranched alkanes of at least 4 members (excludes halogenated alkanes) is 1. The van der Waals surface area contributed by atoms with E-state index in [9.17, 15) is 0 Å². The van der Waals surface area contributed by atoms with Crippen LogP contribution in [0.2, 0.25) is 13.1 Å². The fraction of sp³-hybridized carbons (Fsp3) is 0.400. The Hall–Kier alpha value is -1.60. The van der Waals surface area contributed by atoms with Crippen molar-refractivity contribution in [2.45, 2.75) is 65.5 Å². The topological polar surface area (TPSA) is 0 Å². The zero-order valence-electron chi connectivity index (χ0n) is 16.9. The summed E-state index contributed by atoms with van der Waals surface area (Å²) < 4.78 is 0. The lowest BCUT2D eigenvalue weighted by Crippen LogP contribution is -2.39. The molecule has 1 aliphatic heterocycles. The van der Waals surface area contributed by atoms with Crippen LogP contribution in [0, 0.1) is 6.42 Å². The Bertz CT molecular complexity index is 868. The van der Waals surface area contributed by atoms with E-state index < -0.39 is 8.07 Å². The number of benzene rings is 2. The van der Waals surface area contributed by atoms with Crippen LogP contribution in [0.3, 0.4) is 0 Å². The molecular formula is C25H31Si. The summed E-state index contributed by atoms with van der Waals surface area (Å²) in [7, 11) is -1.58. The molecule has 0 aromatic heterocycles. The lowest BCUT2D eigenvalue weighted by atomic mass is 9.93. The van der Waals surface area contributed by atoms with E-state index in [2.05, 4.69) is 76.7 Å². The van der Waals surface area contributed by atoms with Gasteiger partial charge in [0.2, 0.25) is 0 Å². The van der Waals surface area contributed by atoms with E-state index in [4.69, 9.17) is 0 Å². The molecule has 0 fully saturated rings. The lowest BCUT2D eigenvalue weighted by Gasteiger charge is -2.22. The molecule has 1 heteroatoms. The lowest BCUT2D eigenvalue weighted by molar-refractivity contribution is 0.734. The molecule has 2 aliphatic rings. The Kier molecular flexibility index (Phi) is 4.47. The van der Waals surface area contributed by atoms with Gasteiger partial charge in [-0.3, -0.25) is 0 Å². The summed E-state index contributed by atoms with van der Waals surface area (Å²) >= 11 is 0. The van der Waals surface area contributed by atoms with Crippen LogP contribution < -0.4 is 5.19 Å². The summed E-state index contributed by atoms with van der Waals surface area (Å²) in [6.07, 6.45) is 7.52. The Labute approximate surface area is 160 Å². The third kappa shape index (κ3) is 2.55. The van der Waals surface area contributed by atoms with Gasteiger partial charge < -0.3 is 0 Å². The fourth-order valence-corrected chi connectivity index (χ4v) is 8.43. The second kappa shape index (κ2) is 6.53.